The molecular formula is C18H18ClF3N4O2. The van der Waals surface area contributed by atoms with Gasteiger partial charge in [0.1, 0.15) is 17.4 Å². The Kier molecular flexibility index (Phi) is 6.13. The summed E-state index contributed by atoms with van der Waals surface area (Å²) < 4.78 is 48.7. The van der Waals surface area contributed by atoms with Crippen molar-refractivity contribution in [2.24, 2.45) is 10.7 Å². The highest BCUT2D eigenvalue weighted by atomic mass is 35.5. The minimum atomic E-state index is -4.51. The number of alkyl halides is 3. The molecule has 2 aromatic rings. The Balaban J connectivity index is 1.52. The number of rotatable bonds is 5. The van der Waals surface area contributed by atoms with Crippen LogP contribution in [0.5, 0.6) is 11.6 Å². The van der Waals surface area contributed by atoms with Crippen LogP contribution in [0.3, 0.4) is 0 Å². The van der Waals surface area contributed by atoms with Crippen LogP contribution in [0.25, 0.3) is 0 Å². The van der Waals surface area contributed by atoms with E-state index in [1.165, 1.54) is 0 Å². The number of nitrogens with one attached hydrogen (secondary N) is 1. The fraction of sp³-hybridized carbons (Fsp3) is 0.333. The number of aromatic nitrogens is 1. The summed E-state index contributed by atoms with van der Waals surface area (Å²) in [7, 11) is 0. The molecule has 6 nitrogen and oxygen atoms in total. The predicted molar refractivity (Wildman–Crippen MR) is 98.7 cm³/mol. The molecule has 0 amide bonds. The van der Waals surface area contributed by atoms with Gasteiger partial charge >= 0.3 is 6.18 Å². The molecule has 0 saturated carbocycles. The first kappa shape index (κ1) is 20.1. The highest BCUT2D eigenvalue weighted by molar-refractivity contribution is 6.31. The molecule has 3 N–H and O–H groups in total. The molecule has 1 aliphatic rings. The van der Waals surface area contributed by atoms with Crippen LogP contribution < -0.4 is 20.5 Å². The van der Waals surface area contributed by atoms with Gasteiger partial charge in [-0.2, -0.15) is 13.2 Å². The van der Waals surface area contributed by atoms with E-state index >= 15 is 0 Å². The van der Waals surface area contributed by atoms with Crippen LogP contribution in [0.2, 0.25) is 5.02 Å². The fourth-order valence-electron chi connectivity index (χ4n) is 2.71. The molecule has 1 atom stereocenters. The van der Waals surface area contributed by atoms with Crippen LogP contribution in [0.1, 0.15) is 23.6 Å². The fourth-order valence-corrected chi connectivity index (χ4v) is 2.93. The summed E-state index contributed by atoms with van der Waals surface area (Å²) in [5.41, 5.74) is 5.98. The van der Waals surface area contributed by atoms with Crippen molar-refractivity contribution in [3.05, 3.63) is 52.7 Å². The molecule has 0 aliphatic carbocycles. The van der Waals surface area contributed by atoms with E-state index in [2.05, 4.69) is 15.3 Å². The minimum absolute atomic E-state index is 0.0133. The number of aliphatic imine (C=N–C) groups is 1. The van der Waals surface area contributed by atoms with E-state index in [-0.39, 0.29) is 36.1 Å². The first-order valence-electron chi connectivity index (χ1n) is 8.48. The lowest BCUT2D eigenvalue weighted by atomic mass is 10.0. The number of nitrogens with zero attached hydrogens (tertiary/aromatic N) is 2. The lowest BCUT2D eigenvalue weighted by molar-refractivity contribution is -0.137. The van der Waals surface area contributed by atoms with Gasteiger partial charge in [-0.05, 0) is 12.1 Å². The van der Waals surface area contributed by atoms with Crippen molar-refractivity contribution >= 4 is 17.6 Å². The van der Waals surface area contributed by atoms with E-state index in [9.17, 15) is 13.2 Å². The van der Waals surface area contributed by atoms with Crippen molar-refractivity contribution < 1.29 is 22.6 Å². The Labute approximate surface area is 164 Å². The summed E-state index contributed by atoms with van der Waals surface area (Å²) in [6.45, 7) is 0.816. The molecule has 0 spiro atoms. The smallest absolute Gasteiger partial charge is 0.417 e. The number of hydrogen-bond donors (Lipinski definition) is 2. The van der Waals surface area contributed by atoms with Crippen LogP contribution in [-0.2, 0) is 6.18 Å². The first-order chi connectivity index (χ1) is 13.3. The number of halogens is 4. The zero-order chi connectivity index (χ0) is 20.1. The minimum Gasteiger partial charge on any atom is -0.493 e. The highest BCUT2D eigenvalue weighted by Gasteiger charge is 2.31. The van der Waals surface area contributed by atoms with Crippen molar-refractivity contribution in [2.75, 3.05) is 19.8 Å². The first-order valence-corrected chi connectivity index (χ1v) is 8.86. The van der Waals surface area contributed by atoms with Gasteiger partial charge in [-0.15, -0.1) is 0 Å². The van der Waals surface area contributed by atoms with Crippen molar-refractivity contribution in [1.82, 2.24) is 10.3 Å². The maximum absolute atomic E-state index is 12.6. The molecule has 150 valence electrons. The largest absolute Gasteiger partial charge is 0.493 e. The summed E-state index contributed by atoms with van der Waals surface area (Å²) >= 11 is 5.78. The van der Waals surface area contributed by atoms with Gasteiger partial charge in [0, 0.05) is 18.2 Å². The number of benzene rings is 1. The summed E-state index contributed by atoms with van der Waals surface area (Å²) in [6.07, 6.45) is -3.10. The number of para-hydroxylation sites is 1. The molecule has 1 aliphatic heterocycles. The van der Waals surface area contributed by atoms with Gasteiger partial charge in [-0.1, -0.05) is 29.8 Å². The van der Waals surface area contributed by atoms with E-state index in [1.807, 2.05) is 24.3 Å². The van der Waals surface area contributed by atoms with Crippen molar-refractivity contribution in [3.63, 3.8) is 0 Å². The molecule has 28 heavy (non-hydrogen) atoms. The second-order valence-electron chi connectivity index (χ2n) is 6.00. The van der Waals surface area contributed by atoms with E-state index in [4.69, 9.17) is 26.8 Å². The molecule has 1 unspecified atom stereocenters. The second-order valence-corrected chi connectivity index (χ2v) is 6.40. The quantitative estimate of drug-likeness (QED) is 0.444. The number of hydrogen-bond acceptors (Lipinski definition) is 4. The van der Waals surface area contributed by atoms with Crippen LogP contribution in [0.4, 0.5) is 13.2 Å². The lowest BCUT2D eigenvalue weighted by Crippen LogP contribution is -2.37. The Bertz CT molecular complexity index is 861. The Hall–Kier alpha value is -2.68. The predicted octanol–water partition coefficient (Wildman–Crippen LogP) is 3.56. The van der Waals surface area contributed by atoms with Gasteiger partial charge in [-0.25, -0.2) is 9.98 Å². The molecule has 3 rings (SSSR count). The second kappa shape index (κ2) is 8.55. The van der Waals surface area contributed by atoms with Gasteiger partial charge in [0.25, 0.3) is 0 Å². The Morgan fingerprint density at radius 3 is 2.93 bits per heavy atom. The third kappa shape index (κ3) is 4.98. The van der Waals surface area contributed by atoms with E-state index in [0.29, 0.717) is 12.8 Å². The topological polar surface area (TPSA) is 81.8 Å². The zero-order valence-electron chi connectivity index (χ0n) is 14.7. The molecule has 10 heteroatoms. The number of ether oxygens (including phenoxy) is 2. The third-order valence-electron chi connectivity index (χ3n) is 4.03. The van der Waals surface area contributed by atoms with Crippen molar-refractivity contribution in [3.8, 4) is 11.6 Å². The van der Waals surface area contributed by atoms with Gasteiger partial charge in [0.15, 0.2) is 5.96 Å². The summed E-state index contributed by atoms with van der Waals surface area (Å²) in [5, 5.41) is 2.92. The van der Waals surface area contributed by atoms with E-state index in [1.54, 1.807) is 0 Å². The Morgan fingerprint density at radius 2 is 2.18 bits per heavy atom. The molecule has 1 aromatic heterocycles. The summed E-state index contributed by atoms with van der Waals surface area (Å²) in [4.78, 5) is 7.76. The van der Waals surface area contributed by atoms with Crippen LogP contribution in [0, 0.1) is 0 Å². The number of pyridine rings is 1. The Morgan fingerprint density at radius 1 is 1.39 bits per heavy atom. The van der Waals surface area contributed by atoms with Gasteiger partial charge in [0.05, 0.1) is 24.8 Å². The number of fused-ring (bicyclic) bond motifs is 1. The van der Waals surface area contributed by atoms with Gasteiger partial charge in [0.2, 0.25) is 5.88 Å². The van der Waals surface area contributed by atoms with Crippen molar-refractivity contribution in [1.29, 1.82) is 0 Å². The molecule has 0 bridgehead atoms. The monoisotopic (exact) mass is 414 g/mol. The average Bonchev–Trinajstić information content (AvgIpc) is 2.66. The number of nitrogens with two attached hydrogens (primary N) is 1. The third-order valence-corrected chi connectivity index (χ3v) is 4.30. The summed E-state index contributed by atoms with van der Waals surface area (Å²) in [6, 6.07) is 8.43. The van der Waals surface area contributed by atoms with Crippen LogP contribution in [-0.4, -0.2) is 30.7 Å². The lowest BCUT2D eigenvalue weighted by Gasteiger charge is -2.26. The average molecular weight is 415 g/mol. The molecule has 1 aromatic carbocycles. The van der Waals surface area contributed by atoms with Crippen LogP contribution >= 0.6 is 11.6 Å². The van der Waals surface area contributed by atoms with E-state index in [0.717, 1.165) is 23.8 Å². The number of guanidine groups is 1. The molecular weight excluding hydrogens is 397 g/mol. The zero-order valence-corrected chi connectivity index (χ0v) is 15.4. The molecule has 2 heterocycles. The maximum Gasteiger partial charge on any atom is 0.417 e. The van der Waals surface area contributed by atoms with Gasteiger partial charge < -0.3 is 20.5 Å². The normalized spacial score (nSPS) is 16.9. The maximum atomic E-state index is 12.6. The standard InChI is InChI=1S/C18H18ClF3N4O2/c19-13-9-11(18(20,21)22)10-25-16(13)28-8-6-24-17(23)26-14-5-7-27-15-4-2-1-3-12(14)15/h1-4,9-10,14H,5-8H2,(H3,23,24,26). The highest BCUT2D eigenvalue weighted by Crippen LogP contribution is 2.33. The molecule has 0 saturated heterocycles. The SMILES string of the molecule is NC(=NCCOc1ncc(C(F)(F)F)cc1Cl)NC1CCOc2ccccc21. The van der Waals surface area contributed by atoms with Crippen LogP contribution in [0.15, 0.2) is 41.5 Å². The van der Waals surface area contributed by atoms with E-state index < -0.39 is 11.7 Å². The molecule has 0 radical (unpaired) electrons. The molecule has 0 fully saturated rings. The van der Waals surface area contributed by atoms with Gasteiger partial charge in [-0.3, -0.25) is 0 Å². The summed E-state index contributed by atoms with van der Waals surface area (Å²) in [5.74, 6) is 0.955. The van der Waals surface area contributed by atoms with Crippen molar-refractivity contribution in [2.45, 2.75) is 18.6 Å².